The van der Waals surface area contributed by atoms with Crippen LogP contribution in [0, 0.1) is 0 Å². The van der Waals surface area contributed by atoms with E-state index < -0.39 is 0 Å². The number of nitrogens with one attached hydrogen (secondary N) is 1. The summed E-state index contributed by atoms with van der Waals surface area (Å²) in [4.78, 5) is 4.40. The number of aryl methyl sites for hydroxylation is 1. The second-order valence-corrected chi connectivity index (χ2v) is 5.21. The van der Waals surface area contributed by atoms with Crippen LogP contribution in [0.3, 0.4) is 0 Å². The molecule has 4 nitrogen and oxygen atoms in total. The molecule has 0 amide bonds. The van der Waals surface area contributed by atoms with Gasteiger partial charge >= 0.3 is 0 Å². The molecule has 0 aliphatic heterocycles. The Morgan fingerprint density at radius 3 is 2.90 bits per heavy atom. The highest BCUT2D eigenvalue weighted by Gasteiger charge is 2.06. The number of nitrogens with zero attached hydrogens (tertiary/aromatic N) is 1. The van der Waals surface area contributed by atoms with Crippen LogP contribution >= 0.6 is 11.6 Å². The highest BCUT2D eigenvalue weighted by atomic mass is 35.5. The number of aromatic hydroxyl groups is 1. The van der Waals surface area contributed by atoms with Crippen LogP contribution in [0.1, 0.15) is 18.4 Å². The molecule has 0 aliphatic carbocycles. The van der Waals surface area contributed by atoms with E-state index in [1.54, 1.807) is 18.2 Å². The zero-order valence-corrected chi connectivity index (χ0v) is 12.3. The molecule has 0 bridgehead atoms. The van der Waals surface area contributed by atoms with E-state index in [-0.39, 0.29) is 5.75 Å². The molecule has 2 aromatic carbocycles. The van der Waals surface area contributed by atoms with E-state index in [2.05, 4.69) is 10.3 Å². The molecule has 108 valence electrons. The lowest BCUT2D eigenvalue weighted by atomic mass is 10.2. The summed E-state index contributed by atoms with van der Waals surface area (Å²) in [7, 11) is 0. The smallest absolute Gasteiger partial charge is 0.195 e. The SMILES string of the molecule is CCc1nc2cc(NCc3cc(Cl)ccc3O)ccc2o1. The number of hydrogen-bond donors (Lipinski definition) is 2. The van der Waals surface area contributed by atoms with Crippen LogP contribution in [0.2, 0.25) is 5.02 Å². The Balaban J connectivity index is 1.80. The first-order valence-corrected chi connectivity index (χ1v) is 7.14. The van der Waals surface area contributed by atoms with Crippen LogP contribution in [0.25, 0.3) is 11.1 Å². The Hall–Kier alpha value is -2.20. The quantitative estimate of drug-likeness (QED) is 0.751. The molecule has 0 saturated carbocycles. The lowest BCUT2D eigenvalue weighted by molar-refractivity contribution is 0.469. The molecule has 0 fully saturated rings. The molecule has 0 spiro atoms. The third-order valence-electron chi connectivity index (χ3n) is 3.26. The largest absolute Gasteiger partial charge is 0.508 e. The third-order valence-corrected chi connectivity index (χ3v) is 3.49. The average Bonchev–Trinajstić information content (AvgIpc) is 2.90. The number of rotatable bonds is 4. The van der Waals surface area contributed by atoms with Crippen LogP contribution in [-0.4, -0.2) is 10.1 Å². The third kappa shape index (κ3) is 2.95. The van der Waals surface area contributed by atoms with Crippen LogP contribution < -0.4 is 5.32 Å². The predicted octanol–water partition coefficient (Wildman–Crippen LogP) is 4.36. The number of hydrogen-bond acceptors (Lipinski definition) is 4. The predicted molar refractivity (Wildman–Crippen MR) is 83.8 cm³/mol. The molecule has 0 saturated heterocycles. The zero-order valence-electron chi connectivity index (χ0n) is 11.6. The summed E-state index contributed by atoms with van der Waals surface area (Å²) >= 11 is 5.93. The van der Waals surface area contributed by atoms with Gasteiger partial charge in [-0.15, -0.1) is 0 Å². The summed E-state index contributed by atoms with van der Waals surface area (Å²) in [6.07, 6.45) is 0.772. The first-order valence-electron chi connectivity index (χ1n) is 6.76. The van der Waals surface area contributed by atoms with Crippen molar-refractivity contribution >= 4 is 28.4 Å². The van der Waals surface area contributed by atoms with Crippen molar-refractivity contribution in [3.8, 4) is 5.75 Å². The van der Waals surface area contributed by atoms with Gasteiger partial charge in [-0.25, -0.2) is 4.98 Å². The van der Waals surface area contributed by atoms with Gasteiger partial charge in [0.25, 0.3) is 0 Å². The first-order chi connectivity index (χ1) is 10.2. The summed E-state index contributed by atoms with van der Waals surface area (Å²) in [5.74, 6) is 0.956. The van der Waals surface area contributed by atoms with Gasteiger partial charge in [-0.05, 0) is 36.4 Å². The maximum atomic E-state index is 9.79. The highest BCUT2D eigenvalue weighted by Crippen LogP contribution is 2.24. The van der Waals surface area contributed by atoms with E-state index in [1.807, 2.05) is 25.1 Å². The maximum Gasteiger partial charge on any atom is 0.195 e. The molecule has 21 heavy (non-hydrogen) atoms. The number of phenolic OH excluding ortho intramolecular Hbond substituents is 1. The number of aromatic nitrogens is 1. The summed E-state index contributed by atoms with van der Waals surface area (Å²) in [5.41, 5.74) is 3.27. The van der Waals surface area contributed by atoms with Gasteiger partial charge in [-0.3, -0.25) is 0 Å². The Morgan fingerprint density at radius 1 is 1.24 bits per heavy atom. The van der Waals surface area contributed by atoms with Crippen molar-refractivity contribution in [2.45, 2.75) is 19.9 Å². The fourth-order valence-corrected chi connectivity index (χ4v) is 2.32. The summed E-state index contributed by atoms with van der Waals surface area (Å²) in [6.45, 7) is 2.49. The molecule has 2 N–H and O–H groups in total. The Labute approximate surface area is 127 Å². The normalized spacial score (nSPS) is 11.0. The maximum absolute atomic E-state index is 9.79. The van der Waals surface area contributed by atoms with Crippen molar-refractivity contribution in [1.29, 1.82) is 0 Å². The second kappa shape index (κ2) is 5.66. The highest BCUT2D eigenvalue weighted by molar-refractivity contribution is 6.30. The Bertz CT molecular complexity index is 783. The zero-order chi connectivity index (χ0) is 14.8. The van der Waals surface area contributed by atoms with Crippen molar-refractivity contribution in [3.63, 3.8) is 0 Å². The van der Waals surface area contributed by atoms with Gasteiger partial charge in [-0.1, -0.05) is 18.5 Å². The van der Waals surface area contributed by atoms with Gasteiger partial charge in [0.1, 0.15) is 11.3 Å². The molecule has 5 heteroatoms. The minimum Gasteiger partial charge on any atom is -0.508 e. The lowest BCUT2D eigenvalue weighted by Crippen LogP contribution is -1.99. The van der Waals surface area contributed by atoms with Crippen molar-refractivity contribution in [2.75, 3.05) is 5.32 Å². The summed E-state index contributed by atoms with van der Waals surface area (Å²) in [6, 6.07) is 10.7. The number of oxazole rings is 1. The molecule has 0 radical (unpaired) electrons. The van der Waals surface area contributed by atoms with Crippen LogP contribution in [-0.2, 0) is 13.0 Å². The van der Waals surface area contributed by atoms with E-state index in [0.717, 1.165) is 34.7 Å². The Kier molecular flexibility index (Phi) is 3.71. The minimum absolute atomic E-state index is 0.225. The van der Waals surface area contributed by atoms with Crippen molar-refractivity contribution in [1.82, 2.24) is 4.98 Å². The van der Waals surface area contributed by atoms with Gasteiger partial charge in [0.05, 0.1) is 0 Å². The number of fused-ring (bicyclic) bond motifs is 1. The van der Waals surface area contributed by atoms with E-state index in [4.69, 9.17) is 16.0 Å². The van der Waals surface area contributed by atoms with Crippen LogP contribution in [0.15, 0.2) is 40.8 Å². The fraction of sp³-hybridized carbons (Fsp3) is 0.188. The lowest BCUT2D eigenvalue weighted by Gasteiger charge is -2.08. The first kappa shape index (κ1) is 13.8. The molecular formula is C16H15ClN2O2. The van der Waals surface area contributed by atoms with E-state index >= 15 is 0 Å². The molecule has 0 atom stereocenters. The molecule has 1 aromatic heterocycles. The van der Waals surface area contributed by atoms with Crippen LogP contribution in [0.5, 0.6) is 5.75 Å². The summed E-state index contributed by atoms with van der Waals surface area (Å²) < 4.78 is 5.57. The molecule has 3 rings (SSSR count). The summed E-state index contributed by atoms with van der Waals surface area (Å²) in [5, 5.41) is 13.6. The number of benzene rings is 2. The number of phenols is 1. The second-order valence-electron chi connectivity index (χ2n) is 4.77. The van der Waals surface area contributed by atoms with Gasteiger partial charge in [0, 0.05) is 29.2 Å². The fourth-order valence-electron chi connectivity index (χ4n) is 2.13. The van der Waals surface area contributed by atoms with Crippen molar-refractivity contribution in [3.05, 3.63) is 52.9 Å². The van der Waals surface area contributed by atoms with E-state index in [0.29, 0.717) is 11.6 Å². The van der Waals surface area contributed by atoms with Gasteiger partial charge in [0.2, 0.25) is 0 Å². The van der Waals surface area contributed by atoms with Crippen molar-refractivity contribution in [2.24, 2.45) is 0 Å². The standard InChI is InChI=1S/C16H15ClN2O2/c1-2-16-19-13-8-12(4-6-15(13)21-16)18-9-10-7-11(17)3-5-14(10)20/h3-8,18,20H,2,9H2,1H3. The van der Waals surface area contributed by atoms with Crippen molar-refractivity contribution < 1.29 is 9.52 Å². The minimum atomic E-state index is 0.225. The number of halogens is 1. The Morgan fingerprint density at radius 2 is 2.10 bits per heavy atom. The van der Waals surface area contributed by atoms with E-state index in [1.165, 1.54) is 0 Å². The molecule has 0 unspecified atom stereocenters. The molecular weight excluding hydrogens is 288 g/mol. The van der Waals surface area contributed by atoms with E-state index in [9.17, 15) is 5.11 Å². The number of anilines is 1. The topological polar surface area (TPSA) is 58.3 Å². The van der Waals surface area contributed by atoms with Gasteiger partial charge in [-0.2, -0.15) is 0 Å². The molecule has 3 aromatic rings. The van der Waals surface area contributed by atoms with Gasteiger partial charge in [0.15, 0.2) is 11.5 Å². The van der Waals surface area contributed by atoms with Crippen LogP contribution in [0.4, 0.5) is 5.69 Å². The average molecular weight is 303 g/mol. The monoisotopic (exact) mass is 302 g/mol. The molecule has 0 aliphatic rings. The van der Waals surface area contributed by atoms with Gasteiger partial charge < -0.3 is 14.8 Å². The molecule has 1 heterocycles.